The summed E-state index contributed by atoms with van der Waals surface area (Å²) in [4.78, 5) is 25.3. The third-order valence-corrected chi connectivity index (χ3v) is 7.01. The fraction of sp³-hybridized carbons (Fsp3) is 0.467. The lowest BCUT2D eigenvalue weighted by atomic mass is 9.76. The molecule has 2 aliphatic rings. The zero-order chi connectivity index (χ0) is 17.5. The molecular weight excluding hydrogens is 333 g/mol. The van der Waals surface area contributed by atoms with Crippen LogP contribution in [0.15, 0.2) is 18.2 Å². The average molecular weight is 351 g/mol. The number of aldehydes is 1. The molecule has 3 rings (SSSR count). The molecule has 2 heterocycles. The van der Waals surface area contributed by atoms with Crippen molar-refractivity contribution in [2.75, 3.05) is 24.6 Å². The van der Waals surface area contributed by atoms with Gasteiger partial charge in [0.05, 0.1) is 11.5 Å². The van der Waals surface area contributed by atoms with E-state index in [1.54, 1.807) is 4.90 Å². The summed E-state index contributed by atoms with van der Waals surface area (Å²) in [6.07, 6.45) is 1.80. The molecule has 0 saturated carbocycles. The fourth-order valence-corrected chi connectivity index (χ4v) is 5.95. The van der Waals surface area contributed by atoms with E-state index in [4.69, 9.17) is 0 Å². The number of carbonyl (C=O) groups is 2. The monoisotopic (exact) mass is 351 g/mol. The summed E-state index contributed by atoms with van der Waals surface area (Å²) in [5, 5.41) is 18.4. The number of nitrogens with zero attached hydrogens (tertiary/aromatic N) is 1. The topological polar surface area (TPSA) is 112 Å². The summed E-state index contributed by atoms with van der Waals surface area (Å²) in [6, 6.07) is 4.16. The van der Waals surface area contributed by atoms with Crippen molar-refractivity contribution in [2.24, 2.45) is 5.41 Å². The number of sulfone groups is 1. The van der Waals surface area contributed by atoms with Crippen molar-refractivity contribution in [3.05, 3.63) is 29.3 Å². The summed E-state index contributed by atoms with van der Waals surface area (Å²) < 4.78 is 22.8. The number of amides is 1. The Morgan fingerprint density at radius 1 is 1.21 bits per heavy atom. The molecule has 1 aromatic carbocycles. The minimum atomic E-state index is -2.89. The van der Waals surface area contributed by atoms with Crippen LogP contribution < -0.4 is 5.46 Å². The molecule has 0 unspecified atom stereocenters. The fourth-order valence-electron chi connectivity index (χ4n) is 3.59. The van der Waals surface area contributed by atoms with E-state index in [2.05, 4.69) is 0 Å². The summed E-state index contributed by atoms with van der Waals surface area (Å²) in [6.45, 7) is 0.963. The van der Waals surface area contributed by atoms with Gasteiger partial charge in [0.2, 0.25) is 0 Å². The first-order valence-corrected chi connectivity index (χ1v) is 9.52. The zero-order valence-corrected chi connectivity index (χ0v) is 13.8. The standard InChI is InChI=1S/C15H18BNO6S/c18-8-12-7-11(1-2-13(12)16(20)21)14(19)17-5-3-15(4-6-17)9-24(22,23)10-15/h1-2,7-8,20-21H,3-6,9-10H2. The SMILES string of the molecule is O=Cc1cc(C(=O)N2CCC3(CC2)CS(=O)(=O)C3)ccc1B(O)O. The molecule has 9 heteroatoms. The van der Waals surface area contributed by atoms with Crippen molar-refractivity contribution in [1.29, 1.82) is 0 Å². The molecule has 1 amide bonds. The molecule has 2 fully saturated rings. The van der Waals surface area contributed by atoms with E-state index in [0.717, 1.165) is 0 Å². The highest BCUT2D eigenvalue weighted by atomic mass is 32.2. The van der Waals surface area contributed by atoms with Gasteiger partial charge >= 0.3 is 7.12 Å². The van der Waals surface area contributed by atoms with Gasteiger partial charge in [-0.15, -0.1) is 0 Å². The quantitative estimate of drug-likeness (QED) is 0.524. The summed E-state index contributed by atoms with van der Waals surface area (Å²) in [7, 11) is -4.66. The summed E-state index contributed by atoms with van der Waals surface area (Å²) >= 11 is 0. The number of rotatable bonds is 3. The van der Waals surface area contributed by atoms with E-state index < -0.39 is 17.0 Å². The van der Waals surface area contributed by atoms with Crippen molar-refractivity contribution in [1.82, 2.24) is 4.90 Å². The first kappa shape index (κ1) is 17.1. The van der Waals surface area contributed by atoms with E-state index in [0.29, 0.717) is 37.8 Å². The Balaban J connectivity index is 1.71. The lowest BCUT2D eigenvalue weighted by molar-refractivity contribution is 0.0621. The van der Waals surface area contributed by atoms with Crippen molar-refractivity contribution < 1.29 is 28.1 Å². The van der Waals surface area contributed by atoms with Gasteiger partial charge in [0.1, 0.15) is 6.29 Å². The second-order valence-electron chi connectivity index (χ2n) is 6.66. The minimum absolute atomic E-state index is 0.0545. The lowest BCUT2D eigenvalue weighted by Crippen LogP contribution is -2.55. The highest BCUT2D eigenvalue weighted by Crippen LogP contribution is 2.42. The molecule has 0 bridgehead atoms. The molecule has 2 saturated heterocycles. The van der Waals surface area contributed by atoms with Crippen LogP contribution in [0, 0.1) is 5.41 Å². The smallest absolute Gasteiger partial charge is 0.423 e. The molecule has 7 nitrogen and oxygen atoms in total. The van der Waals surface area contributed by atoms with Gasteiger partial charge in [-0.1, -0.05) is 6.07 Å². The number of hydrogen-bond donors (Lipinski definition) is 2. The van der Waals surface area contributed by atoms with Gasteiger partial charge in [0, 0.05) is 29.6 Å². The van der Waals surface area contributed by atoms with Crippen molar-refractivity contribution >= 4 is 34.6 Å². The molecule has 1 aromatic rings. The van der Waals surface area contributed by atoms with Crippen LogP contribution in [0.5, 0.6) is 0 Å². The van der Waals surface area contributed by atoms with Crippen LogP contribution in [0.1, 0.15) is 33.6 Å². The van der Waals surface area contributed by atoms with Gasteiger partial charge in [-0.2, -0.15) is 0 Å². The molecule has 0 atom stereocenters. The third kappa shape index (κ3) is 3.11. The van der Waals surface area contributed by atoms with Crippen LogP contribution in [-0.4, -0.2) is 67.3 Å². The average Bonchev–Trinajstić information content (AvgIpc) is 2.52. The van der Waals surface area contributed by atoms with Gasteiger partial charge in [-0.05, 0) is 30.4 Å². The Kier molecular flexibility index (Phi) is 4.27. The second kappa shape index (κ2) is 5.98. The maximum atomic E-state index is 12.6. The normalized spacial score (nSPS) is 21.2. The molecular formula is C15H18BNO6S. The molecule has 24 heavy (non-hydrogen) atoms. The molecule has 2 aliphatic heterocycles. The molecule has 1 spiro atoms. The largest absolute Gasteiger partial charge is 0.489 e. The van der Waals surface area contributed by atoms with Crippen LogP contribution in [0.4, 0.5) is 0 Å². The van der Waals surface area contributed by atoms with Gasteiger partial charge < -0.3 is 14.9 Å². The predicted molar refractivity (Wildman–Crippen MR) is 87.9 cm³/mol. The van der Waals surface area contributed by atoms with Crippen molar-refractivity contribution in [3.63, 3.8) is 0 Å². The Bertz CT molecular complexity index is 769. The van der Waals surface area contributed by atoms with Crippen LogP contribution in [-0.2, 0) is 9.84 Å². The maximum Gasteiger partial charge on any atom is 0.489 e. The van der Waals surface area contributed by atoms with Gasteiger partial charge in [0.25, 0.3) is 5.91 Å². The number of carbonyl (C=O) groups excluding carboxylic acids is 2. The van der Waals surface area contributed by atoms with E-state index in [1.165, 1.54) is 18.2 Å². The summed E-state index contributed by atoms with van der Waals surface area (Å²) in [5.41, 5.74) is 0.251. The number of hydrogen-bond acceptors (Lipinski definition) is 6. The first-order chi connectivity index (χ1) is 11.3. The maximum absolute atomic E-state index is 12.6. The Morgan fingerprint density at radius 2 is 1.83 bits per heavy atom. The summed E-state index contributed by atoms with van der Waals surface area (Å²) in [5.74, 6) is 0.176. The highest BCUT2D eigenvalue weighted by Gasteiger charge is 2.50. The first-order valence-electron chi connectivity index (χ1n) is 7.70. The zero-order valence-electron chi connectivity index (χ0n) is 13.0. The molecule has 0 aromatic heterocycles. The lowest BCUT2D eigenvalue weighted by Gasteiger charge is -2.47. The molecule has 0 aliphatic carbocycles. The van der Waals surface area contributed by atoms with Crippen LogP contribution in [0.3, 0.4) is 0 Å². The van der Waals surface area contributed by atoms with Crippen molar-refractivity contribution in [2.45, 2.75) is 12.8 Å². The number of likely N-dealkylation sites (tertiary alicyclic amines) is 1. The highest BCUT2D eigenvalue weighted by molar-refractivity contribution is 7.92. The second-order valence-corrected chi connectivity index (χ2v) is 8.72. The molecule has 128 valence electrons. The Morgan fingerprint density at radius 3 is 2.33 bits per heavy atom. The molecule has 2 N–H and O–H groups in total. The van der Waals surface area contributed by atoms with E-state index >= 15 is 0 Å². The molecule has 0 radical (unpaired) electrons. The van der Waals surface area contributed by atoms with E-state index in [-0.39, 0.29) is 33.9 Å². The van der Waals surface area contributed by atoms with Gasteiger partial charge in [-0.3, -0.25) is 9.59 Å². The predicted octanol–water partition coefficient (Wildman–Crippen LogP) is -1.17. The van der Waals surface area contributed by atoms with Crippen LogP contribution in [0.2, 0.25) is 0 Å². The Hall–Kier alpha value is -1.71. The number of benzene rings is 1. The van der Waals surface area contributed by atoms with Crippen molar-refractivity contribution in [3.8, 4) is 0 Å². The van der Waals surface area contributed by atoms with Crippen LogP contribution >= 0.6 is 0 Å². The van der Waals surface area contributed by atoms with Gasteiger partial charge in [0.15, 0.2) is 9.84 Å². The number of piperidine rings is 1. The Labute approximate surface area is 140 Å². The van der Waals surface area contributed by atoms with Gasteiger partial charge in [-0.25, -0.2) is 8.42 Å². The third-order valence-electron chi connectivity index (χ3n) is 4.90. The van der Waals surface area contributed by atoms with E-state index in [1.807, 2.05) is 0 Å². The van der Waals surface area contributed by atoms with E-state index in [9.17, 15) is 28.1 Å². The van der Waals surface area contributed by atoms with Crippen LogP contribution in [0.25, 0.3) is 0 Å². The minimum Gasteiger partial charge on any atom is -0.423 e.